The van der Waals surface area contributed by atoms with Gasteiger partial charge in [0.05, 0.1) is 16.8 Å². The van der Waals surface area contributed by atoms with Gasteiger partial charge in [-0.05, 0) is 60.7 Å². The first-order valence-electron chi connectivity index (χ1n) is 10.1. The van der Waals surface area contributed by atoms with E-state index in [9.17, 15) is 4.79 Å². The van der Waals surface area contributed by atoms with Crippen LogP contribution in [-0.4, -0.2) is 26.4 Å². The third kappa shape index (κ3) is 3.45. The van der Waals surface area contributed by atoms with Crippen LogP contribution in [0.1, 0.15) is 52.5 Å². The molecule has 5 nitrogen and oxygen atoms in total. The van der Waals surface area contributed by atoms with Crippen molar-refractivity contribution in [3.05, 3.63) is 67.3 Å². The molecule has 2 atom stereocenters. The maximum Gasteiger partial charge on any atom is 0.296 e. The topological polar surface area (TPSA) is 50.5 Å². The minimum Gasteiger partial charge on any atom is -0.271 e. The van der Waals surface area contributed by atoms with E-state index in [1.165, 1.54) is 10.5 Å². The summed E-state index contributed by atoms with van der Waals surface area (Å²) in [4.78, 5) is 15.9. The van der Waals surface area contributed by atoms with E-state index in [0.717, 1.165) is 29.9 Å². The molecular weight excluding hydrogens is 436 g/mol. The van der Waals surface area contributed by atoms with Crippen LogP contribution in [0.25, 0.3) is 6.08 Å². The molecule has 1 fully saturated rings. The quantitative estimate of drug-likeness (QED) is 0.475. The SMILES string of the molecule is CCn1cc(Cl)c(C(=O)N2N=C3/C(=C/c4cccs4)CCC[C@@H]3[C@@H]2c2cccs2)n1. The number of allylic oxidation sites excluding steroid dienone is 1. The van der Waals surface area contributed by atoms with Crippen molar-refractivity contribution in [2.75, 3.05) is 0 Å². The van der Waals surface area contributed by atoms with E-state index in [2.05, 4.69) is 40.1 Å². The van der Waals surface area contributed by atoms with Crippen LogP contribution in [0.3, 0.4) is 0 Å². The van der Waals surface area contributed by atoms with E-state index >= 15 is 0 Å². The molecule has 1 amide bonds. The first-order chi connectivity index (χ1) is 14.7. The van der Waals surface area contributed by atoms with Gasteiger partial charge < -0.3 is 0 Å². The molecule has 1 aliphatic heterocycles. The summed E-state index contributed by atoms with van der Waals surface area (Å²) in [5.41, 5.74) is 2.54. The smallest absolute Gasteiger partial charge is 0.271 e. The Kier molecular flexibility index (Phi) is 5.35. The number of amides is 1. The molecular formula is C22H21ClN4OS2. The Labute approximate surface area is 188 Å². The second-order valence-corrected chi connectivity index (χ2v) is 9.83. The zero-order valence-corrected chi connectivity index (χ0v) is 18.9. The summed E-state index contributed by atoms with van der Waals surface area (Å²) in [6.07, 6.45) is 7.03. The van der Waals surface area contributed by atoms with Crippen LogP contribution in [0.4, 0.5) is 0 Å². The predicted molar refractivity (Wildman–Crippen MR) is 123 cm³/mol. The van der Waals surface area contributed by atoms with E-state index < -0.39 is 0 Å². The Morgan fingerprint density at radius 3 is 2.83 bits per heavy atom. The molecule has 0 aromatic carbocycles. The van der Waals surface area contributed by atoms with E-state index in [1.807, 2.05) is 13.0 Å². The Morgan fingerprint density at radius 1 is 1.30 bits per heavy atom. The Balaban J connectivity index is 1.57. The summed E-state index contributed by atoms with van der Waals surface area (Å²) >= 11 is 9.75. The molecule has 2 aliphatic rings. The summed E-state index contributed by atoms with van der Waals surface area (Å²) < 4.78 is 1.69. The largest absolute Gasteiger partial charge is 0.296 e. The average molecular weight is 457 g/mol. The lowest BCUT2D eigenvalue weighted by Gasteiger charge is -2.28. The Bertz CT molecular complexity index is 1110. The van der Waals surface area contributed by atoms with Crippen molar-refractivity contribution in [3.8, 4) is 0 Å². The maximum absolute atomic E-state index is 13.5. The number of hydrazone groups is 1. The molecule has 0 bridgehead atoms. The summed E-state index contributed by atoms with van der Waals surface area (Å²) in [5, 5.41) is 15.4. The highest BCUT2D eigenvalue weighted by molar-refractivity contribution is 7.11. The number of thiophene rings is 2. The number of aromatic nitrogens is 2. The van der Waals surface area contributed by atoms with Crippen molar-refractivity contribution in [2.24, 2.45) is 11.0 Å². The van der Waals surface area contributed by atoms with E-state index in [-0.39, 0.29) is 23.6 Å². The van der Waals surface area contributed by atoms with E-state index in [0.29, 0.717) is 11.6 Å². The molecule has 0 N–H and O–H groups in total. The summed E-state index contributed by atoms with van der Waals surface area (Å²) in [7, 11) is 0. The van der Waals surface area contributed by atoms with Crippen LogP contribution < -0.4 is 0 Å². The molecule has 0 unspecified atom stereocenters. The number of carbonyl (C=O) groups excluding carboxylic acids is 1. The van der Waals surface area contributed by atoms with Gasteiger partial charge in [-0.15, -0.1) is 22.7 Å². The van der Waals surface area contributed by atoms with Gasteiger partial charge >= 0.3 is 0 Å². The van der Waals surface area contributed by atoms with Gasteiger partial charge in [0.25, 0.3) is 5.91 Å². The van der Waals surface area contributed by atoms with Gasteiger partial charge in [-0.25, -0.2) is 5.01 Å². The minimum atomic E-state index is -0.233. The maximum atomic E-state index is 13.5. The molecule has 5 rings (SSSR count). The molecule has 1 saturated carbocycles. The van der Waals surface area contributed by atoms with Crippen LogP contribution in [0.15, 0.2) is 51.9 Å². The summed E-state index contributed by atoms with van der Waals surface area (Å²) in [6.45, 7) is 2.63. The van der Waals surface area contributed by atoms with Gasteiger partial charge in [0.2, 0.25) is 0 Å². The van der Waals surface area contributed by atoms with Crippen molar-refractivity contribution >= 4 is 52.0 Å². The van der Waals surface area contributed by atoms with Gasteiger partial charge in [0.1, 0.15) is 0 Å². The molecule has 0 saturated heterocycles. The minimum absolute atomic E-state index is 0.109. The summed E-state index contributed by atoms with van der Waals surface area (Å²) in [5.74, 6) is -0.0393. The number of carbonyl (C=O) groups is 1. The average Bonchev–Trinajstić information content (AvgIpc) is 3.53. The standard InChI is InChI=1S/C22H21ClN4OS2/c1-2-26-13-17(23)20(24-26)22(28)27-21(18-9-5-11-30-18)16-8-3-6-14(19(16)25-27)12-15-7-4-10-29-15/h4-5,7,9-13,16,21H,2-3,6,8H2,1H3/b14-12+/t16-,21+/m0/s1. The van der Waals surface area contributed by atoms with E-state index in [1.54, 1.807) is 38.6 Å². The lowest BCUT2D eigenvalue weighted by Crippen LogP contribution is -2.31. The highest BCUT2D eigenvalue weighted by Crippen LogP contribution is 2.46. The van der Waals surface area contributed by atoms with Gasteiger partial charge in [-0.2, -0.15) is 10.2 Å². The molecule has 8 heteroatoms. The number of hydrogen-bond acceptors (Lipinski definition) is 5. The molecule has 0 spiro atoms. The number of nitrogens with zero attached hydrogens (tertiary/aromatic N) is 4. The number of hydrogen-bond donors (Lipinski definition) is 0. The van der Waals surface area contributed by atoms with Crippen molar-refractivity contribution in [3.63, 3.8) is 0 Å². The van der Waals surface area contributed by atoms with Crippen molar-refractivity contribution in [1.82, 2.24) is 14.8 Å². The van der Waals surface area contributed by atoms with Crippen LogP contribution in [0.5, 0.6) is 0 Å². The van der Waals surface area contributed by atoms with Crippen LogP contribution in [-0.2, 0) is 6.54 Å². The van der Waals surface area contributed by atoms with E-state index in [4.69, 9.17) is 16.7 Å². The number of rotatable bonds is 4. The molecule has 3 aromatic heterocycles. The fraction of sp³-hybridized carbons (Fsp3) is 0.318. The van der Waals surface area contributed by atoms with Crippen LogP contribution in [0, 0.1) is 5.92 Å². The van der Waals surface area contributed by atoms with Crippen LogP contribution >= 0.6 is 34.3 Å². The first kappa shape index (κ1) is 19.7. The highest BCUT2D eigenvalue weighted by atomic mass is 35.5. The Morgan fingerprint density at radius 2 is 2.13 bits per heavy atom. The van der Waals surface area contributed by atoms with Gasteiger partial charge in [-0.3, -0.25) is 9.48 Å². The van der Waals surface area contributed by atoms with Crippen molar-refractivity contribution in [2.45, 2.75) is 38.8 Å². The lowest BCUT2D eigenvalue weighted by molar-refractivity contribution is 0.0677. The fourth-order valence-electron chi connectivity index (χ4n) is 4.26. The molecule has 154 valence electrons. The molecule has 30 heavy (non-hydrogen) atoms. The second kappa shape index (κ2) is 8.13. The van der Waals surface area contributed by atoms with Crippen molar-refractivity contribution in [1.29, 1.82) is 0 Å². The molecule has 4 heterocycles. The predicted octanol–water partition coefficient (Wildman–Crippen LogP) is 6.12. The second-order valence-electron chi connectivity index (χ2n) is 7.46. The zero-order valence-electron chi connectivity index (χ0n) is 16.5. The van der Waals surface area contributed by atoms with Crippen LogP contribution in [0.2, 0.25) is 5.02 Å². The van der Waals surface area contributed by atoms with Crippen molar-refractivity contribution < 1.29 is 4.79 Å². The molecule has 1 aliphatic carbocycles. The van der Waals surface area contributed by atoms with Gasteiger partial charge in [0.15, 0.2) is 5.69 Å². The summed E-state index contributed by atoms with van der Waals surface area (Å²) in [6, 6.07) is 8.20. The van der Waals surface area contributed by atoms with Gasteiger partial charge in [0, 0.05) is 28.4 Å². The molecule has 3 aromatic rings. The monoisotopic (exact) mass is 456 g/mol. The third-order valence-electron chi connectivity index (χ3n) is 5.65. The zero-order chi connectivity index (χ0) is 20.7. The Hall–Kier alpha value is -2.22. The number of halogens is 1. The first-order valence-corrected chi connectivity index (χ1v) is 12.2. The number of fused-ring (bicyclic) bond motifs is 1. The lowest BCUT2D eigenvalue weighted by atomic mass is 9.79. The number of aryl methyl sites for hydroxylation is 1. The normalized spacial score (nSPS) is 22.4. The third-order valence-corrected chi connectivity index (χ3v) is 7.69. The fourth-order valence-corrected chi connectivity index (χ4v) is 6.05. The van der Waals surface area contributed by atoms with Gasteiger partial charge in [-0.1, -0.05) is 23.7 Å². The molecule has 0 radical (unpaired) electrons. The highest BCUT2D eigenvalue weighted by Gasteiger charge is 2.45.